The van der Waals surface area contributed by atoms with Gasteiger partial charge >= 0.3 is 0 Å². The number of rotatable bonds is 6. The number of anilines is 1. The summed E-state index contributed by atoms with van der Waals surface area (Å²) in [5.41, 5.74) is 0.823. The van der Waals surface area contributed by atoms with Gasteiger partial charge in [0.2, 0.25) is 10.0 Å². The van der Waals surface area contributed by atoms with E-state index >= 15 is 0 Å². The molecule has 1 amide bonds. The lowest BCUT2D eigenvalue weighted by molar-refractivity contribution is 0.0746. The number of halogens is 1. The molecule has 0 aromatic heterocycles. The number of hydrogen-bond acceptors (Lipinski definition) is 5. The van der Waals surface area contributed by atoms with Crippen LogP contribution in [0.4, 0.5) is 10.1 Å². The van der Waals surface area contributed by atoms with Crippen LogP contribution in [-0.4, -0.2) is 62.8 Å². The van der Waals surface area contributed by atoms with Crippen molar-refractivity contribution in [2.45, 2.75) is 18.7 Å². The summed E-state index contributed by atoms with van der Waals surface area (Å²) in [7, 11) is -3.66. The van der Waals surface area contributed by atoms with Crippen LogP contribution >= 0.6 is 0 Å². The monoisotopic (exact) mass is 444 g/mol. The van der Waals surface area contributed by atoms with Gasteiger partial charge in [-0.3, -0.25) is 4.79 Å². The van der Waals surface area contributed by atoms with Crippen molar-refractivity contribution >= 4 is 21.6 Å². The minimum absolute atomic E-state index is 0.00316. The molecule has 0 spiro atoms. The van der Waals surface area contributed by atoms with Gasteiger partial charge in [0, 0.05) is 44.8 Å². The number of nitriles is 1. The summed E-state index contributed by atoms with van der Waals surface area (Å²) in [5, 5.41) is 9.25. The average molecular weight is 445 g/mol. The van der Waals surface area contributed by atoms with E-state index in [-0.39, 0.29) is 16.4 Å². The van der Waals surface area contributed by atoms with Crippen LogP contribution < -0.4 is 4.90 Å². The minimum atomic E-state index is -3.66. The smallest absolute Gasteiger partial charge is 0.254 e. The topological polar surface area (TPSA) is 84.7 Å². The summed E-state index contributed by atoms with van der Waals surface area (Å²) < 4.78 is 40.8. The Labute approximate surface area is 182 Å². The van der Waals surface area contributed by atoms with E-state index in [2.05, 4.69) is 0 Å². The van der Waals surface area contributed by atoms with E-state index in [0.29, 0.717) is 50.5 Å². The van der Waals surface area contributed by atoms with Gasteiger partial charge < -0.3 is 9.80 Å². The Morgan fingerprint density at radius 1 is 1.10 bits per heavy atom. The lowest BCUT2D eigenvalue weighted by atomic mass is 10.1. The van der Waals surface area contributed by atoms with Crippen LogP contribution in [0.2, 0.25) is 0 Å². The lowest BCUT2D eigenvalue weighted by Gasteiger charge is -2.36. The molecule has 7 nitrogen and oxygen atoms in total. The first-order valence-electron chi connectivity index (χ1n) is 10.2. The van der Waals surface area contributed by atoms with E-state index in [0.717, 1.165) is 0 Å². The third-order valence-electron chi connectivity index (χ3n) is 5.44. The molecule has 3 rings (SSSR count). The first-order chi connectivity index (χ1) is 14.8. The summed E-state index contributed by atoms with van der Waals surface area (Å²) in [4.78, 5) is 16.6. The molecule has 2 aromatic carbocycles. The van der Waals surface area contributed by atoms with Crippen molar-refractivity contribution < 1.29 is 17.6 Å². The number of carbonyl (C=O) groups is 1. The third kappa shape index (κ3) is 4.55. The molecule has 2 aromatic rings. The highest BCUT2D eigenvalue weighted by Crippen LogP contribution is 2.24. The second kappa shape index (κ2) is 9.45. The molecule has 0 bridgehead atoms. The molecule has 1 aliphatic rings. The molecule has 1 aliphatic heterocycles. The van der Waals surface area contributed by atoms with Gasteiger partial charge in [-0.1, -0.05) is 26.0 Å². The van der Waals surface area contributed by atoms with Crippen LogP contribution in [0.3, 0.4) is 0 Å². The standard InChI is InChI=1S/C22H25FN4O3S/c1-3-27(4-2)31(29,30)18-8-5-7-17(15-18)22(28)26-13-11-25(12-14-26)21-10-6-9-20(23)19(21)16-24/h5-10,15H,3-4,11-14H2,1-2H3. The summed E-state index contributed by atoms with van der Waals surface area (Å²) in [6.45, 7) is 5.90. The van der Waals surface area contributed by atoms with Crippen molar-refractivity contribution in [1.29, 1.82) is 5.26 Å². The zero-order valence-electron chi connectivity index (χ0n) is 17.6. The number of hydrogen-bond donors (Lipinski definition) is 0. The summed E-state index contributed by atoms with van der Waals surface area (Å²) in [6, 6.07) is 12.5. The van der Waals surface area contributed by atoms with E-state index < -0.39 is 15.8 Å². The normalized spacial score (nSPS) is 14.5. The van der Waals surface area contributed by atoms with E-state index in [1.807, 2.05) is 11.0 Å². The molecule has 1 saturated heterocycles. The number of sulfonamides is 1. The molecule has 0 radical (unpaired) electrons. The predicted octanol–water partition coefficient (Wildman–Crippen LogP) is 2.69. The number of piperazine rings is 1. The molecule has 0 saturated carbocycles. The molecule has 0 aliphatic carbocycles. The molecule has 0 atom stereocenters. The fourth-order valence-electron chi connectivity index (χ4n) is 3.72. The Hall–Kier alpha value is -2.96. The van der Waals surface area contributed by atoms with E-state index in [4.69, 9.17) is 0 Å². The largest absolute Gasteiger partial charge is 0.367 e. The van der Waals surface area contributed by atoms with Crippen LogP contribution in [0.25, 0.3) is 0 Å². The molecule has 0 unspecified atom stereocenters. The maximum Gasteiger partial charge on any atom is 0.254 e. The number of benzene rings is 2. The predicted molar refractivity (Wildman–Crippen MR) is 116 cm³/mol. The first kappa shape index (κ1) is 22.7. The van der Waals surface area contributed by atoms with Gasteiger partial charge in [-0.25, -0.2) is 12.8 Å². The van der Waals surface area contributed by atoms with E-state index in [1.165, 1.54) is 22.5 Å². The van der Waals surface area contributed by atoms with Crippen molar-refractivity contribution in [3.8, 4) is 6.07 Å². The van der Waals surface area contributed by atoms with Crippen LogP contribution in [-0.2, 0) is 10.0 Å². The molecule has 0 N–H and O–H groups in total. The second-order valence-corrected chi connectivity index (χ2v) is 9.08. The highest BCUT2D eigenvalue weighted by Gasteiger charge is 2.26. The maximum atomic E-state index is 13.9. The quantitative estimate of drug-likeness (QED) is 0.684. The van der Waals surface area contributed by atoms with Crippen LogP contribution in [0, 0.1) is 17.1 Å². The maximum absolute atomic E-state index is 13.9. The van der Waals surface area contributed by atoms with Gasteiger partial charge in [-0.2, -0.15) is 9.57 Å². The summed E-state index contributed by atoms with van der Waals surface area (Å²) in [5.74, 6) is -0.819. The molecular formula is C22H25FN4O3S. The molecule has 9 heteroatoms. The van der Waals surface area contributed by atoms with Gasteiger partial charge in [0.1, 0.15) is 17.4 Å². The van der Waals surface area contributed by atoms with Crippen LogP contribution in [0.15, 0.2) is 47.4 Å². The minimum Gasteiger partial charge on any atom is -0.367 e. The van der Waals surface area contributed by atoms with E-state index in [9.17, 15) is 22.9 Å². The fraction of sp³-hybridized carbons (Fsp3) is 0.364. The van der Waals surface area contributed by atoms with Gasteiger partial charge in [-0.15, -0.1) is 0 Å². The Kier molecular flexibility index (Phi) is 6.93. The average Bonchev–Trinajstić information content (AvgIpc) is 2.79. The fourth-order valence-corrected chi connectivity index (χ4v) is 5.23. The van der Waals surface area contributed by atoms with Gasteiger partial charge in [0.25, 0.3) is 5.91 Å². The molecule has 1 fully saturated rings. The summed E-state index contributed by atoms with van der Waals surface area (Å²) >= 11 is 0. The lowest BCUT2D eigenvalue weighted by Crippen LogP contribution is -2.49. The zero-order valence-corrected chi connectivity index (χ0v) is 18.4. The summed E-state index contributed by atoms with van der Waals surface area (Å²) in [6.07, 6.45) is 0. The molecular weight excluding hydrogens is 419 g/mol. The molecule has 31 heavy (non-hydrogen) atoms. The second-order valence-electron chi connectivity index (χ2n) is 7.14. The third-order valence-corrected chi connectivity index (χ3v) is 7.48. The van der Waals surface area contributed by atoms with Gasteiger partial charge in [-0.05, 0) is 30.3 Å². The Morgan fingerprint density at radius 2 is 1.74 bits per heavy atom. The number of nitrogens with zero attached hydrogens (tertiary/aromatic N) is 4. The number of carbonyl (C=O) groups excluding carboxylic acids is 1. The Bertz CT molecular complexity index is 1100. The highest BCUT2D eigenvalue weighted by molar-refractivity contribution is 7.89. The van der Waals surface area contributed by atoms with Crippen molar-refractivity contribution in [2.24, 2.45) is 0 Å². The van der Waals surface area contributed by atoms with Crippen molar-refractivity contribution in [3.05, 3.63) is 59.4 Å². The number of amides is 1. The first-order valence-corrected chi connectivity index (χ1v) is 11.6. The van der Waals surface area contributed by atoms with E-state index in [1.54, 1.807) is 43.0 Å². The van der Waals surface area contributed by atoms with Crippen molar-refractivity contribution in [2.75, 3.05) is 44.2 Å². The Morgan fingerprint density at radius 3 is 2.35 bits per heavy atom. The molecule has 1 heterocycles. The van der Waals surface area contributed by atoms with Gasteiger partial charge in [0.15, 0.2) is 0 Å². The highest BCUT2D eigenvalue weighted by atomic mass is 32.2. The molecule has 164 valence electrons. The van der Waals surface area contributed by atoms with Gasteiger partial charge in [0.05, 0.1) is 10.6 Å². The SMILES string of the molecule is CCN(CC)S(=O)(=O)c1cccc(C(=O)N2CCN(c3cccc(F)c3C#N)CC2)c1. The van der Waals surface area contributed by atoms with Crippen LogP contribution in [0.5, 0.6) is 0 Å². The van der Waals surface area contributed by atoms with Crippen molar-refractivity contribution in [3.63, 3.8) is 0 Å². The van der Waals surface area contributed by atoms with Crippen molar-refractivity contribution in [1.82, 2.24) is 9.21 Å². The Balaban J connectivity index is 1.75. The zero-order chi connectivity index (χ0) is 22.6. The van der Waals surface area contributed by atoms with Crippen LogP contribution in [0.1, 0.15) is 29.8 Å².